The maximum atomic E-state index is 12.4. The third-order valence-corrected chi connectivity index (χ3v) is 3.31. The molecule has 0 aliphatic heterocycles. The zero-order chi connectivity index (χ0) is 15.1. The molecular formula is C16H22N4O. The van der Waals surface area contributed by atoms with Crippen molar-refractivity contribution in [3.8, 4) is 5.69 Å². The second-order valence-corrected chi connectivity index (χ2v) is 5.00. The summed E-state index contributed by atoms with van der Waals surface area (Å²) in [6, 6.07) is 9.51. The second kappa shape index (κ2) is 7.47. The van der Waals surface area contributed by atoms with E-state index in [-0.39, 0.29) is 5.56 Å². The van der Waals surface area contributed by atoms with Crippen LogP contribution in [0.3, 0.4) is 0 Å². The van der Waals surface area contributed by atoms with Crippen LogP contribution in [0.5, 0.6) is 0 Å². The van der Waals surface area contributed by atoms with Gasteiger partial charge in [-0.2, -0.15) is 5.10 Å². The molecule has 0 saturated heterocycles. The van der Waals surface area contributed by atoms with Crippen molar-refractivity contribution in [2.45, 2.75) is 33.1 Å². The van der Waals surface area contributed by atoms with Gasteiger partial charge < -0.3 is 5.43 Å². The van der Waals surface area contributed by atoms with Crippen LogP contribution in [-0.2, 0) is 0 Å². The highest BCUT2D eigenvalue weighted by atomic mass is 16.1. The number of hydrazone groups is 1. The molecule has 0 atom stereocenters. The summed E-state index contributed by atoms with van der Waals surface area (Å²) in [5.41, 5.74) is 5.11. The van der Waals surface area contributed by atoms with Gasteiger partial charge in [0.25, 0.3) is 5.56 Å². The zero-order valence-corrected chi connectivity index (χ0v) is 12.6. The van der Waals surface area contributed by atoms with Crippen molar-refractivity contribution >= 4 is 6.21 Å². The van der Waals surface area contributed by atoms with Crippen LogP contribution in [0.15, 0.2) is 40.2 Å². The Morgan fingerprint density at radius 3 is 2.76 bits per heavy atom. The largest absolute Gasteiger partial charge is 0.310 e. The summed E-state index contributed by atoms with van der Waals surface area (Å²) in [4.78, 5) is 12.4. The smallest absolute Gasteiger partial charge is 0.280 e. The number of unbranched alkanes of at least 4 members (excludes halogenated alkanes) is 2. The van der Waals surface area contributed by atoms with Crippen LogP contribution in [0.2, 0.25) is 0 Å². The van der Waals surface area contributed by atoms with Crippen molar-refractivity contribution < 1.29 is 0 Å². The number of nitrogens with zero attached hydrogens (tertiary/aromatic N) is 2. The Morgan fingerprint density at radius 2 is 2.05 bits per heavy atom. The molecule has 0 aliphatic rings. The molecule has 1 aromatic carbocycles. The van der Waals surface area contributed by atoms with Crippen LogP contribution < -0.4 is 11.0 Å². The summed E-state index contributed by atoms with van der Waals surface area (Å²) in [5.74, 6) is 0. The number of hydrogen-bond donors (Lipinski definition) is 2. The van der Waals surface area contributed by atoms with E-state index in [1.54, 1.807) is 6.21 Å². The van der Waals surface area contributed by atoms with Crippen molar-refractivity contribution in [3.05, 3.63) is 51.9 Å². The monoisotopic (exact) mass is 286 g/mol. The molecule has 5 heteroatoms. The standard InChI is InChI=1S/C16H22N4O/c1-3-4-8-11-17-18-12-15-13(2)19-20(16(15)21)14-9-6-5-7-10-14/h5-7,9-10,12,17,19H,3-4,8,11H2,1-2H3/b18-12-. The summed E-state index contributed by atoms with van der Waals surface area (Å²) in [5, 5.41) is 7.21. The lowest BCUT2D eigenvalue weighted by Crippen LogP contribution is -2.18. The molecule has 0 radical (unpaired) electrons. The first-order valence-electron chi connectivity index (χ1n) is 7.37. The van der Waals surface area contributed by atoms with Crippen LogP contribution in [0.25, 0.3) is 5.69 Å². The molecule has 0 bridgehead atoms. The lowest BCUT2D eigenvalue weighted by molar-refractivity contribution is 0.641. The zero-order valence-electron chi connectivity index (χ0n) is 12.6. The van der Waals surface area contributed by atoms with Crippen LogP contribution >= 0.6 is 0 Å². The second-order valence-electron chi connectivity index (χ2n) is 5.00. The number of benzene rings is 1. The fourth-order valence-electron chi connectivity index (χ4n) is 2.10. The van der Waals surface area contributed by atoms with Crippen LogP contribution in [0.1, 0.15) is 37.4 Å². The molecule has 2 rings (SSSR count). The molecular weight excluding hydrogens is 264 g/mol. The van der Waals surface area contributed by atoms with E-state index in [1.165, 1.54) is 17.5 Å². The number of aromatic amines is 1. The highest BCUT2D eigenvalue weighted by Crippen LogP contribution is 2.05. The van der Waals surface area contributed by atoms with Crippen LogP contribution in [0.4, 0.5) is 0 Å². The number of aromatic nitrogens is 2. The predicted molar refractivity (Wildman–Crippen MR) is 86.2 cm³/mol. The molecule has 112 valence electrons. The topological polar surface area (TPSA) is 62.2 Å². The molecule has 0 saturated carbocycles. The molecule has 2 N–H and O–H groups in total. The van der Waals surface area contributed by atoms with E-state index >= 15 is 0 Å². The molecule has 1 aromatic heterocycles. The summed E-state index contributed by atoms with van der Waals surface area (Å²) < 4.78 is 1.54. The number of nitrogens with one attached hydrogen (secondary N) is 2. The van der Waals surface area contributed by atoms with Crippen molar-refractivity contribution in [1.82, 2.24) is 15.2 Å². The Labute approximate surface area is 124 Å². The van der Waals surface area contributed by atoms with Gasteiger partial charge in [-0.25, -0.2) is 4.68 Å². The Hall–Kier alpha value is -2.30. The van der Waals surface area contributed by atoms with E-state index in [0.717, 1.165) is 24.3 Å². The van der Waals surface area contributed by atoms with Gasteiger partial charge in [-0.3, -0.25) is 9.89 Å². The van der Waals surface area contributed by atoms with E-state index in [4.69, 9.17) is 0 Å². The molecule has 21 heavy (non-hydrogen) atoms. The summed E-state index contributed by atoms with van der Waals surface area (Å²) in [6.45, 7) is 4.87. The molecule has 5 nitrogen and oxygen atoms in total. The van der Waals surface area contributed by atoms with Gasteiger partial charge in [-0.15, -0.1) is 0 Å². The van der Waals surface area contributed by atoms with E-state index < -0.39 is 0 Å². The molecule has 0 aliphatic carbocycles. The molecule has 1 heterocycles. The molecule has 0 fully saturated rings. The van der Waals surface area contributed by atoms with E-state index in [1.807, 2.05) is 37.3 Å². The molecule has 0 amide bonds. The van der Waals surface area contributed by atoms with Gasteiger partial charge in [0.1, 0.15) is 0 Å². The van der Waals surface area contributed by atoms with Gasteiger partial charge in [0.2, 0.25) is 0 Å². The minimum atomic E-state index is -0.0854. The predicted octanol–water partition coefficient (Wildman–Crippen LogP) is 2.59. The number of para-hydroxylation sites is 1. The Kier molecular flexibility index (Phi) is 5.37. The third-order valence-electron chi connectivity index (χ3n) is 3.31. The number of H-pyrrole nitrogens is 1. The van der Waals surface area contributed by atoms with Gasteiger partial charge in [0, 0.05) is 12.2 Å². The highest BCUT2D eigenvalue weighted by molar-refractivity contribution is 5.80. The van der Waals surface area contributed by atoms with Crippen molar-refractivity contribution in [1.29, 1.82) is 0 Å². The average molecular weight is 286 g/mol. The van der Waals surface area contributed by atoms with Crippen molar-refractivity contribution in [2.24, 2.45) is 5.10 Å². The first kappa shape index (κ1) is 15.1. The summed E-state index contributed by atoms with van der Waals surface area (Å²) >= 11 is 0. The van der Waals surface area contributed by atoms with Crippen LogP contribution in [-0.4, -0.2) is 22.5 Å². The fourth-order valence-corrected chi connectivity index (χ4v) is 2.10. The lowest BCUT2D eigenvalue weighted by Gasteiger charge is -1.99. The summed E-state index contributed by atoms with van der Waals surface area (Å²) in [6.07, 6.45) is 5.06. The number of aryl methyl sites for hydroxylation is 1. The van der Waals surface area contributed by atoms with E-state index in [9.17, 15) is 4.79 Å². The minimum Gasteiger partial charge on any atom is -0.310 e. The van der Waals surface area contributed by atoms with Gasteiger partial charge in [0.05, 0.1) is 17.5 Å². The van der Waals surface area contributed by atoms with Gasteiger partial charge >= 0.3 is 0 Å². The fraction of sp³-hybridized carbons (Fsp3) is 0.375. The number of hydrogen-bond acceptors (Lipinski definition) is 3. The van der Waals surface area contributed by atoms with Crippen LogP contribution in [0, 0.1) is 6.92 Å². The maximum Gasteiger partial charge on any atom is 0.280 e. The normalized spacial score (nSPS) is 11.1. The molecule has 0 unspecified atom stereocenters. The number of rotatable bonds is 7. The molecule has 0 spiro atoms. The first-order chi connectivity index (χ1) is 10.2. The minimum absolute atomic E-state index is 0.0854. The first-order valence-corrected chi connectivity index (χ1v) is 7.37. The SMILES string of the molecule is CCCCCN/N=C\c1c(C)[nH]n(-c2ccccc2)c1=O. The Bertz CT molecular complexity index is 640. The van der Waals surface area contributed by atoms with Crippen molar-refractivity contribution in [2.75, 3.05) is 6.54 Å². The van der Waals surface area contributed by atoms with Crippen molar-refractivity contribution in [3.63, 3.8) is 0 Å². The third kappa shape index (κ3) is 3.84. The van der Waals surface area contributed by atoms with E-state index in [0.29, 0.717) is 5.56 Å². The molecule has 2 aromatic rings. The maximum absolute atomic E-state index is 12.4. The van der Waals surface area contributed by atoms with Gasteiger partial charge in [-0.05, 0) is 25.5 Å². The van der Waals surface area contributed by atoms with Gasteiger partial charge in [-0.1, -0.05) is 38.0 Å². The lowest BCUT2D eigenvalue weighted by atomic mass is 10.2. The van der Waals surface area contributed by atoms with Gasteiger partial charge in [0.15, 0.2) is 0 Å². The Morgan fingerprint density at radius 1 is 1.29 bits per heavy atom. The average Bonchev–Trinajstić information content (AvgIpc) is 2.79. The quantitative estimate of drug-likeness (QED) is 0.467. The summed E-state index contributed by atoms with van der Waals surface area (Å²) in [7, 11) is 0. The highest BCUT2D eigenvalue weighted by Gasteiger charge is 2.09. The Balaban J connectivity index is 2.10. The van der Waals surface area contributed by atoms with E-state index in [2.05, 4.69) is 22.5 Å².